The molecule has 11 nitrogen and oxygen atoms in total. The van der Waals surface area contributed by atoms with Crippen LogP contribution in [0.3, 0.4) is 0 Å². The van der Waals surface area contributed by atoms with Gasteiger partial charge in [0.15, 0.2) is 0 Å². The first kappa shape index (κ1) is 19.6. The van der Waals surface area contributed by atoms with E-state index in [2.05, 4.69) is 5.22 Å². The van der Waals surface area contributed by atoms with Crippen LogP contribution < -0.4 is 27.7 Å². The number of carbonyl (C=O) groups excluding carboxylic acids is 1. The summed E-state index contributed by atoms with van der Waals surface area (Å²) in [4.78, 5) is 25.7. The van der Waals surface area contributed by atoms with Gasteiger partial charge in [-0.05, 0) is 31.5 Å². The zero-order valence-electron chi connectivity index (χ0n) is 15.6. The topological polar surface area (TPSA) is 187 Å². The van der Waals surface area contributed by atoms with Gasteiger partial charge in [-0.1, -0.05) is 11.3 Å². The largest absolute Gasteiger partial charge is 0.508 e. The van der Waals surface area contributed by atoms with Crippen LogP contribution in [0.1, 0.15) is 35.1 Å². The zero-order chi connectivity index (χ0) is 21.5. The summed E-state index contributed by atoms with van der Waals surface area (Å²) < 4.78 is 0.876. The number of aryl methyl sites for hydroxylation is 1. The van der Waals surface area contributed by atoms with Gasteiger partial charge in [0.05, 0.1) is 34.4 Å². The molecular formula is C18H18N8O3. The molecule has 0 radical (unpaired) electrons. The molecule has 0 fully saturated rings. The van der Waals surface area contributed by atoms with Crippen molar-refractivity contribution >= 4 is 11.6 Å². The highest BCUT2D eigenvalue weighted by Gasteiger charge is 2.39. The van der Waals surface area contributed by atoms with E-state index in [9.17, 15) is 14.7 Å². The minimum atomic E-state index is -1.05. The Morgan fingerprint density at radius 2 is 2.07 bits per heavy atom. The number of benzene rings is 1. The van der Waals surface area contributed by atoms with Gasteiger partial charge < -0.3 is 10.9 Å². The minimum absolute atomic E-state index is 0.0127. The maximum atomic E-state index is 13.0. The molecule has 0 saturated heterocycles. The van der Waals surface area contributed by atoms with Crippen molar-refractivity contribution < 1.29 is 9.90 Å². The van der Waals surface area contributed by atoms with Gasteiger partial charge in [-0.3, -0.25) is 14.6 Å². The number of phenols is 1. The van der Waals surface area contributed by atoms with Crippen LogP contribution >= 0.6 is 0 Å². The number of nitrogens with zero attached hydrogens (tertiary/aromatic N) is 4. The molecule has 1 amide bonds. The standard InChI is InChI=1S/C18H18N8O3/c1-8-7-25(21)18(29)15-14(11-4-3-10(6-19)5-12(11)27)13(17(28)23-24-20)9(2)26(22)16(8)15/h3-5,7,14,27H,21-22H2,1-2H3,(H2,20,23,28). The molecule has 1 aromatic carbocycles. The van der Waals surface area contributed by atoms with E-state index in [0.29, 0.717) is 16.9 Å². The molecule has 1 aliphatic rings. The molecule has 1 unspecified atom stereocenters. The van der Waals surface area contributed by atoms with E-state index in [0.717, 1.165) is 4.68 Å². The summed E-state index contributed by atoms with van der Waals surface area (Å²) in [5, 5.41) is 23.7. The molecule has 2 aromatic rings. The fraction of sp³-hybridized carbons (Fsp3) is 0.167. The smallest absolute Gasteiger partial charge is 0.274 e. The van der Waals surface area contributed by atoms with Gasteiger partial charge >= 0.3 is 0 Å². The molecule has 11 heteroatoms. The second-order valence-electron chi connectivity index (χ2n) is 6.53. The van der Waals surface area contributed by atoms with Crippen molar-refractivity contribution in [2.75, 3.05) is 10.9 Å². The number of phenolic OH excluding ortho intramolecular Hbond substituents is 1. The number of rotatable bonds is 3. The first-order valence-corrected chi connectivity index (χ1v) is 8.39. The average molecular weight is 394 g/mol. The highest BCUT2D eigenvalue weighted by atomic mass is 16.3. The van der Waals surface area contributed by atoms with Gasteiger partial charge in [0.25, 0.3) is 11.5 Å². The fourth-order valence-electron chi connectivity index (χ4n) is 3.59. The van der Waals surface area contributed by atoms with E-state index in [1.807, 2.05) is 11.5 Å². The lowest BCUT2D eigenvalue weighted by atomic mass is 9.79. The Morgan fingerprint density at radius 1 is 1.38 bits per heavy atom. The number of hydrogen-bond acceptors (Lipinski definition) is 9. The van der Waals surface area contributed by atoms with Gasteiger partial charge in [-0.25, -0.2) is 15.9 Å². The number of nitrogens with one attached hydrogen (secondary N) is 2. The van der Waals surface area contributed by atoms with Crippen molar-refractivity contribution in [2.45, 2.75) is 19.8 Å². The Balaban J connectivity index is 2.44. The molecule has 1 atom stereocenters. The Hall–Kier alpha value is -4.17. The van der Waals surface area contributed by atoms with E-state index < -0.39 is 17.4 Å². The number of amides is 1. The summed E-state index contributed by atoms with van der Waals surface area (Å²) in [6, 6.07) is 6.06. The second kappa shape index (κ2) is 7.10. The molecule has 0 saturated carbocycles. The highest BCUT2D eigenvalue weighted by Crippen LogP contribution is 2.45. The van der Waals surface area contributed by atoms with Crippen LogP contribution in [0, 0.1) is 23.8 Å². The van der Waals surface area contributed by atoms with Gasteiger partial charge in [-0.15, -0.1) is 0 Å². The number of nitrogens with two attached hydrogens (primary N) is 2. The van der Waals surface area contributed by atoms with Gasteiger partial charge in [0, 0.05) is 17.5 Å². The predicted molar refractivity (Wildman–Crippen MR) is 103 cm³/mol. The van der Waals surface area contributed by atoms with E-state index in [4.69, 9.17) is 22.5 Å². The molecule has 1 aliphatic heterocycles. The maximum Gasteiger partial charge on any atom is 0.274 e. The lowest BCUT2D eigenvalue weighted by Gasteiger charge is -2.36. The quantitative estimate of drug-likeness (QED) is 0.286. The monoisotopic (exact) mass is 394 g/mol. The van der Waals surface area contributed by atoms with Crippen LogP contribution in [0.2, 0.25) is 0 Å². The van der Waals surface area contributed by atoms with Crippen LogP contribution in [0.25, 0.3) is 0 Å². The van der Waals surface area contributed by atoms with E-state index in [-0.39, 0.29) is 28.0 Å². The number of carbonyl (C=O) groups is 1. The number of hydrogen-bond donors (Lipinski definition) is 5. The van der Waals surface area contributed by atoms with Crippen molar-refractivity contribution in [3.05, 3.63) is 68.3 Å². The molecule has 0 bridgehead atoms. The number of aromatic nitrogens is 1. The van der Waals surface area contributed by atoms with Crippen LogP contribution in [-0.2, 0) is 4.79 Å². The van der Waals surface area contributed by atoms with E-state index in [1.54, 1.807) is 13.8 Å². The van der Waals surface area contributed by atoms with Crippen LogP contribution in [0.4, 0.5) is 5.69 Å². The molecular weight excluding hydrogens is 376 g/mol. The molecule has 2 heterocycles. The van der Waals surface area contributed by atoms with Gasteiger partial charge in [-0.2, -0.15) is 10.8 Å². The Labute approximate surface area is 164 Å². The second-order valence-corrected chi connectivity index (χ2v) is 6.53. The minimum Gasteiger partial charge on any atom is -0.508 e. The third kappa shape index (κ3) is 2.97. The molecule has 7 N–H and O–H groups in total. The Bertz CT molecular complexity index is 1170. The number of aromatic hydroxyl groups is 1. The normalized spacial score (nSPS) is 15.5. The summed E-state index contributed by atoms with van der Waals surface area (Å²) in [6.45, 7) is 3.28. The molecule has 148 valence electrons. The Kier molecular flexibility index (Phi) is 4.79. The Morgan fingerprint density at radius 3 is 2.66 bits per heavy atom. The van der Waals surface area contributed by atoms with Gasteiger partial charge in [0.2, 0.25) is 0 Å². The number of anilines is 1. The zero-order valence-corrected chi connectivity index (χ0v) is 15.6. The van der Waals surface area contributed by atoms with Crippen LogP contribution in [0.5, 0.6) is 5.75 Å². The average Bonchev–Trinajstić information content (AvgIpc) is 2.68. The fourth-order valence-corrected chi connectivity index (χ4v) is 3.59. The molecule has 3 rings (SSSR count). The van der Waals surface area contributed by atoms with Crippen LogP contribution in [0.15, 0.2) is 45.7 Å². The molecule has 1 aromatic heterocycles. The summed E-state index contributed by atoms with van der Waals surface area (Å²) in [5.41, 5.74) is 10.1. The summed E-state index contributed by atoms with van der Waals surface area (Å²) >= 11 is 0. The highest BCUT2D eigenvalue weighted by molar-refractivity contribution is 5.98. The number of pyridine rings is 1. The summed E-state index contributed by atoms with van der Waals surface area (Å²) in [5.74, 6) is 9.88. The predicted octanol–water partition coefficient (Wildman–Crippen LogP) is 0.610. The SMILES string of the molecule is CC1=C(C(=O)NN=N)C(c2ccc(C#N)cc2O)c2c(c(C)cn(N)c2=O)N1N. The number of hydrazine groups is 1. The molecule has 0 spiro atoms. The number of nitriles is 1. The van der Waals surface area contributed by atoms with Crippen molar-refractivity contribution in [3.8, 4) is 11.8 Å². The lowest BCUT2D eigenvalue weighted by molar-refractivity contribution is -0.118. The van der Waals surface area contributed by atoms with Gasteiger partial charge in [0.1, 0.15) is 5.75 Å². The molecule has 0 aliphatic carbocycles. The van der Waals surface area contributed by atoms with Crippen molar-refractivity contribution in [1.82, 2.24) is 10.1 Å². The van der Waals surface area contributed by atoms with Crippen molar-refractivity contribution in [3.63, 3.8) is 0 Å². The third-order valence-electron chi connectivity index (χ3n) is 4.87. The van der Waals surface area contributed by atoms with E-state index in [1.165, 1.54) is 29.4 Å². The molecule has 29 heavy (non-hydrogen) atoms. The summed E-state index contributed by atoms with van der Waals surface area (Å²) in [6.07, 6.45) is 1.41. The third-order valence-corrected chi connectivity index (χ3v) is 4.87. The van der Waals surface area contributed by atoms with Crippen molar-refractivity contribution in [2.24, 2.45) is 11.1 Å². The summed E-state index contributed by atoms with van der Waals surface area (Å²) in [7, 11) is 0. The van der Waals surface area contributed by atoms with Crippen molar-refractivity contribution in [1.29, 1.82) is 10.8 Å². The van der Waals surface area contributed by atoms with E-state index >= 15 is 0 Å². The number of allylic oxidation sites excluding steroid dienone is 1. The number of fused-ring (bicyclic) bond motifs is 1. The maximum absolute atomic E-state index is 13.0. The number of nitrogen functional groups attached to an aromatic ring is 1. The van der Waals surface area contributed by atoms with Crippen LogP contribution in [-0.4, -0.2) is 15.7 Å². The lowest BCUT2D eigenvalue weighted by Crippen LogP contribution is -2.44. The first-order chi connectivity index (χ1) is 13.7. The first-order valence-electron chi connectivity index (χ1n) is 8.39.